The van der Waals surface area contributed by atoms with Crippen LogP contribution in [0, 0.1) is 0 Å². The lowest BCUT2D eigenvalue weighted by Crippen LogP contribution is -2.57. The number of alkyl halides is 6. The lowest BCUT2D eigenvalue weighted by Gasteiger charge is -2.40. The molecule has 1 N–H and O–H groups in total. The number of halogens is 6. The maximum atomic E-state index is 13.3. The van der Waals surface area contributed by atoms with Gasteiger partial charge in [-0.1, -0.05) is 6.92 Å². The van der Waals surface area contributed by atoms with Crippen LogP contribution in [0.3, 0.4) is 0 Å². The van der Waals surface area contributed by atoms with E-state index in [9.17, 15) is 31.1 Å². The quantitative estimate of drug-likeness (QED) is 0.811. The smallest absolute Gasteiger partial charge is 0.344 e. The Balaban J connectivity index is 2.11. The SMILES string of the molecule is CCc1ncc(CN2C[C@H](NC(=O)C(F)(F)F)CC[C@H]2C(F)(F)F)cn1. The Morgan fingerprint density at radius 1 is 1.19 bits per heavy atom. The molecular weight excluding hydrogens is 366 g/mol. The Bertz CT molecular complexity index is 616. The highest BCUT2D eigenvalue weighted by Crippen LogP contribution is 2.33. The standard InChI is InChI=1S/C15H18F6N4O/c1-2-12-22-5-9(6-23-12)7-25-8-10(24-13(26)15(19,20)21)3-4-11(25)14(16,17)18/h5-6,10-11H,2-4,7-8H2,1H3,(H,24,26)/t10-,11+/m1/s1. The van der Waals surface area contributed by atoms with E-state index >= 15 is 0 Å². The number of nitrogens with one attached hydrogen (secondary N) is 1. The molecular formula is C15H18F6N4O. The largest absolute Gasteiger partial charge is 0.471 e. The topological polar surface area (TPSA) is 58.1 Å². The molecule has 1 aliphatic rings. The summed E-state index contributed by atoms with van der Waals surface area (Å²) in [5.41, 5.74) is 0.416. The van der Waals surface area contributed by atoms with Crippen molar-refractivity contribution in [3.8, 4) is 0 Å². The normalized spacial score (nSPS) is 22.3. The van der Waals surface area contributed by atoms with Gasteiger partial charge in [0, 0.05) is 43.5 Å². The number of nitrogens with zero attached hydrogens (tertiary/aromatic N) is 3. The first kappa shape index (κ1) is 20.4. The van der Waals surface area contributed by atoms with Gasteiger partial charge in [-0.2, -0.15) is 26.3 Å². The van der Waals surface area contributed by atoms with Crippen molar-refractivity contribution in [2.45, 2.75) is 57.2 Å². The molecule has 1 aliphatic heterocycles. The molecule has 11 heteroatoms. The second kappa shape index (κ2) is 7.77. The van der Waals surface area contributed by atoms with Crippen LogP contribution in [0.2, 0.25) is 0 Å². The Kier molecular flexibility index (Phi) is 6.09. The molecule has 2 atom stereocenters. The fourth-order valence-corrected chi connectivity index (χ4v) is 2.85. The molecule has 1 aromatic rings. The summed E-state index contributed by atoms with van der Waals surface area (Å²) >= 11 is 0. The van der Waals surface area contributed by atoms with Gasteiger partial charge in [0.15, 0.2) is 0 Å². The van der Waals surface area contributed by atoms with Crippen LogP contribution in [-0.2, 0) is 17.8 Å². The van der Waals surface area contributed by atoms with Gasteiger partial charge in [-0.25, -0.2) is 9.97 Å². The third kappa shape index (κ3) is 5.29. The molecule has 5 nitrogen and oxygen atoms in total. The zero-order chi connectivity index (χ0) is 19.5. The van der Waals surface area contributed by atoms with E-state index in [-0.39, 0.29) is 19.5 Å². The zero-order valence-corrected chi connectivity index (χ0v) is 13.9. The number of hydrogen-bond acceptors (Lipinski definition) is 4. The van der Waals surface area contributed by atoms with Gasteiger partial charge in [-0.05, 0) is 12.8 Å². The summed E-state index contributed by atoms with van der Waals surface area (Å²) < 4.78 is 76.8. The van der Waals surface area contributed by atoms with Crippen molar-refractivity contribution >= 4 is 5.91 Å². The fourth-order valence-electron chi connectivity index (χ4n) is 2.85. The Morgan fingerprint density at radius 3 is 2.31 bits per heavy atom. The summed E-state index contributed by atoms with van der Waals surface area (Å²) in [5, 5.41) is 1.76. The van der Waals surface area contributed by atoms with E-state index in [0.717, 1.165) is 4.90 Å². The van der Waals surface area contributed by atoms with Crippen molar-refractivity contribution in [2.75, 3.05) is 6.54 Å². The Morgan fingerprint density at radius 2 is 1.81 bits per heavy atom. The summed E-state index contributed by atoms with van der Waals surface area (Å²) in [6.45, 7) is 1.31. The minimum absolute atomic E-state index is 0.174. The average Bonchev–Trinajstić information content (AvgIpc) is 2.53. The number of aromatic nitrogens is 2. The highest BCUT2D eigenvalue weighted by molar-refractivity contribution is 5.81. The third-order valence-corrected chi connectivity index (χ3v) is 4.12. The van der Waals surface area contributed by atoms with E-state index in [1.54, 1.807) is 5.32 Å². The van der Waals surface area contributed by atoms with Gasteiger partial charge < -0.3 is 5.32 Å². The minimum atomic E-state index is -5.07. The maximum absolute atomic E-state index is 13.3. The van der Waals surface area contributed by atoms with Crippen molar-refractivity contribution in [3.63, 3.8) is 0 Å². The van der Waals surface area contributed by atoms with Crippen LogP contribution in [0.4, 0.5) is 26.3 Å². The van der Waals surface area contributed by atoms with Gasteiger partial charge in [-0.15, -0.1) is 0 Å². The summed E-state index contributed by atoms with van der Waals surface area (Å²) in [4.78, 5) is 20.1. The molecule has 0 saturated carbocycles. The fraction of sp³-hybridized carbons (Fsp3) is 0.667. The monoisotopic (exact) mass is 384 g/mol. The summed E-state index contributed by atoms with van der Waals surface area (Å²) in [6, 6.07) is -2.81. The van der Waals surface area contributed by atoms with Crippen LogP contribution < -0.4 is 5.32 Å². The number of hydrogen-bond donors (Lipinski definition) is 1. The second-order valence-corrected chi connectivity index (χ2v) is 6.09. The summed E-state index contributed by atoms with van der Waals surface area (Å²) in [5.74, 6) is -1.61. The van der Waals surface area contributed by atoms with E-state index < -0.39 is 36.8 Å². The molecule has 0 unspecified atom stereocenters. The summed E-state index contributed by atoms with van der Waals surface area (Å²) in [6.07, 6.45) is -6.82. The molecule has 0 spiro atoms. The first-order valence-corrected chi connectivity index (χ1v) is 7.99. The molecule has 26 heavy (non-hydrogen) atoms. The highest BCUT2D eigenvalue weighted by Gasteiger charge is 2.47. The number of amides is 1. The van der Waals surface area contributed by atoms with Crippen molar-refractivity contribution in [1.82, 2.24) is 20.2 Å². The van der Waals surface area contributed by atoms with Crippen molar-refractivity contribution in [3.05, 3.63) is 23.8 Å². The lowest BCUT2D eigenvalue weighted by molar-refractivity contribution is -0.196. The molecule has 0 radical (unpaired) electrons. The van der Waals surface area contributed by atoms with Crippen LogP contribution in [0.1, 0.15) is 31.2 Å². The Hall–Kier alpha value is -1.91. The highest BCUT2D eigenvalue weighted by atomic mass is 19.4. The van der Waals surface area contributed by atoms with Crippen molar-refractivity contribution < 1.29 is 31.1 Å². The minimum Gasteiger partial charge on any atom is -0.344 e. The average molecular weight is 384 g/mol. The number of piperidine rings is 1. The molecule has 1 fully saturated rings. The van der Waals surface area contributed by atoms with Gasteiger partial charge in [0.25, 0.3) is 0 Å². The van der Waals surface area contributed by atoms with Gasteiger partial charge in [0.2, 0.25) is 0 Å². The predicted octanol–water partition coefficient (Wildman–Crippen LogP) is 2.61. The maximum Gasteiger partial charge on any atom is 0.471 e. The number of carbonyl (C=O) groups excluding carboxylic acids is 1. The van der Waals surface area contributed by atoms with Crippen molar-refractivity contribution in [1.29, 1.82) is 0 Å². The molecule has 1 amide bonds. The number of aryl methyl sites for hydroxylation is 1. The molecule has 1 saturated heterocycles. The van der Waals surface area contributed by atoms with E-state index in [1.165, 1.54) is 12.4 Å². The number of likely N-dealkylation sites (tertiary alicyclic amines) is 1. The van der Waals surface area contributed by atoms with E-state index in [2.05, 4.69) is 9.97 Å². The number of rotatable bonds is 4. The second-order valence-electron chi connectivity index (χ2n) is 6.09. The molecule has 2 heterocycles. The predicted molar refractivity (Wildman–Crippen MR) is 78.9 cm³/mol. The third-order valence-electron chi connectivity index (χ3n) is 4.12. The van der Waals surface area contributed by atoms with Gasteiger partial charge in [0.1, 0.15) is 11.9 Å². The number of carbonyl (C=O) groups is 1. The molecule has 0 aliphatic carbocycles. The van der Waals surface area contributed by atoms with Crippen LogP contribution in [0.5, 0.6) is 0 Å². The molecule has 1 aromatic heterocycles. The first-order chi connectivity index (χ1) is 12.0. The van der Waals surface area contributed by atoms with Gasteiger partial charge >= 0.3 is 18.3 Å². The lowest BCUT2D eigenvalue weighted by atomic mass is 9.97. The van der Waals surface area contributed by atoms with Crippen LogP contribution in [0.15, 0.2) is 12.4 Å². The van der Waals surface area contributed by atoms with E-state index in [0.29, 0.717) is 17.8 Å². The van der Waals surface area contributed by atoms with Crippen molar-refractivity contribution in [2.24, 2.45) is 0 Å². The summed E-state index contributed by atoms with van der Waals surface area (Å²) in [7, 11) is 0. The van der Waals surface area contributed by atoms with E-state index in [1.807, 2.05) is 6.92 Å². The van der Waals surface area contributed by atoms with Gasteiger partial charge in [0.05, 0.1) is 0 Å². The molecule has 2 rings (SSSR count). The van der Waals surface area contributed by atoms with E-state index in [4.69, 9.17) is 0 Å². The molecule has 146 valence electrons. The van der Waals surface area contributed by atoms with Crippen LogP contribution in [0.25, 0.3) is 0 Å². The first-order valence-electron chi connectivity index (χ1n) is 7.99. The Labute approximate surface area is 145 Å². The van der Waals surface area contributed by atoms with Crippen LogP contribution >= 0.6 is 0 Å². The van der Waals surface area contributed by atoms with Gasteiger partial charge in [-0.3, -0.25) is 9.69 Å². The van der Waals surface area contributed by atoms with Crippen LogP contribution in [-0.4, -0.2) is 51.8 Å². The molecule has 0 bridgehead atoms. The molecule has 0 aromatic carbocycles. The zero-order valence-electron chi connectivity index (χ0n) is 13.9.